The minimum atomic E-state index is -0.313. The average molecular weight is 441 g/mol. The molecule has 8 heteroatoms. The Hall–Kier alpha value is -3.19. The van der Waals surface area contributed by atoms with E-state index in [0.717, 1.165) is 0 Å². The predicted octanol–water partition coefficient (Wildman–Crippen LogP) is 4.72. The molecule has 1 aliphatic rings. The molecule has 4 rings (SSSR count). The number of hydrogen-bond acceptors (Lipinski definition) is 5. The average Bonchev–Trinajstić information content (AvgIpc) is 2.75. The van der Waals surface area contributed by atoms with Crippen molar-refractivity contribution in [2.24, 2.45) is 0 Å². The molecular weight excluding hydrogens is 419 g/mol. The molecule has 160 valence electrons. The number of rotatable bonds is 4. The van der Waals surface area contributed by atoms with E-state index in [0.29, 0.717) is 53.2 Å². The minimum Gasteiger partial charge on any atom is -0.439 e. The van der Waals surface area contributed by atoms with Crippen molar-refractivity contribution in [2.75, 3.05) is 24.5 Å². The van der Waals surface area contributed by atoms with Gasteiger partial charge < -0.3 is 14.5 Å². The molecule has 1 saturated heterocycles. The van der Waals surface area contributed by atoms with Crippen LogP contribution in [0.2, 0.25) is 5.02 Å². The predicted molar refractivity (Wildman–Crippen MR) is 117 cm³/mol. The highest BCUT2D eigenvalue weighted by Gasteiger charge is 2.29. The zero-order valence-electron chi connectivity index (χ0n) is 17.3. The Balaban J connectivity index is 1.45. The molecule has 2 heterocycles. The van der Waals surface area contributed by atoms with Crippen molar-refractivity contribution in [2.45, 2.75) is 19.9 Å². The number of carbonyl (C=O) groups is 1. The first kappa shape index (κ1) is 21.1. The number of carbonyl (C=O) groups excluding carboxylic acids is 1. The largest absolute Gasteiger partial charge is 0.439 e. The molecule has 1 aliphatic heterocycles. The van der Waals surface area contributed by atoms with Crippen molar-refractivity contribution in [1.82, 2.24) is 14.9 Å². The molecule has 0 radical (unpaired) electrons. The highest BCUT2D eigenvalue weighted by Crippen LogP contribution is 2.27. The molecule has 31 heavy (non-hydrogen) atoms. The van der Waals surface area contributed by atoms with E-state index in [1.807, 2.05) is 11.8 Å². The summed E-state index contributed by atoms with van der Waals surface area (Å²) in [6.07, 6.45) is 1.44. The fourth-order valence-corrected chi connectivity index (χ4v) is 3.84. The van der Waals surface area contributed by atoms with Crippen molar-refractivity contribution in [3.8, 4) is 11.6 Å². The standard InChI is InChI=1S/C23H22ClFN4O2/c1-15-10-19(25)6-7-20(15)31-22-12-21(26-14-27-22)28-8-9-29(16(2)13-28)23(30)17-4-3-5-18(24)11-17/h3-7,10-12,14,16H,8-9,13H2,1-2H3/t16-/m0/s1. The van der Waals surface area contributed by atoms with Crippen LogP contribution in [0, 0.1) is 12.7 Å². The molecule has 0 spiro atoms. The summed E-state index contributed by atoms with van der Waals surface area (Å²) in [6.45, 7) is 5.60. The second-order valence-electron chi connectivity index (χ2n) is 7.53. The number of hydrogen-bond donors (Lipinski definition) is 0. The number of aromatic nitrogens is 2. The molecule has 3 aromatic rings. The Kier molecular flexibility index (Phi) is 6.04. The summed E-state index contributed by atoms with van der Waals surface area (Å²) in [5.74, 6) is 1.29. The van der Waals surface area contributed by atoms with E-state index in [-0.39, 0.29) is 17.8 Å². The van der Waals surface area contributed by atoms with Crippen LogP contribution in [0.25, 0.3) is 0 Å². The minimum absolute atomic E-state index is 0.0149. The molecule has 1 amide bonds. The van der Waals surface area contributed by atoms with Gasteiger partial charge in [-0.2, -0.15) is 0 Å². The van der Waals surface area contributed by atoms with Gasteiger partial charge in [0.25, 0.3) is 5.91 Å². The molecule has 0 saturated carbocycles. The zero-order valence-corrected chi connectivity index (χ0v) is 18.0. The van der Waals surface area contributed by atoms with Crippen LogP contribution >= 0.6 is 11.6 Å². The van der Waals surface area contributed by atoms with Gasteiger partial charge in [-0.25, -0.2) is 14.4 Å². The van der Waals surface area contributed by atoms with Gasteiger partial charge in [-0.1, -0.05) is 17.7 Å². The number of aryl methyl sites for hydroxylation is 1. The lowest BCUT2D eigenvalue weighted by Crippen LogP contribution is -2.54. The topological polar surface area (TPSA) is 58.6 Å². The normalized spacial score (nSPS) is 16.3. The van der Waals surface area contributed by atoms with Gasteiger partial charge in [-0.15, -0.1) is 0 Å². The van der Waals surface area contributed by atoms with E-state index >= 15 is 0 Å². The lowest BCUT2D eigenvalue weighted by Gasteiger charge is -2.40. The van der Waals surface area contributed by atoms with Crippen LogP contribution in [0.1, 0.15) is 22.8 Å². The summed E-state index contributed by atoms with van der Waals surface area (Å²) >= 11 is 6.03. The van der Waals surface area contributed by atoms with E-state index in [2.05, 4.69) is 14.9 Å². The van der Waals surface area contributed by atoms with Gasteiger partial charge >= 0.3 is 0 Å². The Morgan fingerprint density at radius 3 is 2.74 bits per heavy atom. The number of ether oxygens (including phenoxy) is 1. The first-order valence-corrected chi connectivity index (χ1v) is 10.4. The van der Waals surface area contributed by atoms with Crippen LogP contribution < -0.4 is 9.64 Å². The molecule has 2 aromatic carbocycles. The Bertz CT molecular complexity index is 1110. The molecule has 0 unspecified atom stereocenters. The maximum Gasteiger partial charge on any atom is 0.254 e. The van der Waals surface area contributed by atoms with Gasteiger partial charge in [0.1, 0.15) is 23.7 Å². The van der Waals surface area contributed by atoms with E-state index in [4.69, 9.17) is 16.3 Å². The highest BCUT2D eigenvalue weighted by molar-refractivity contribution is 6.30. The van der Waals surface area contributed by atoms with Gasteiger partial charge in [0.15, 0.2) is 0 Å². The van der Waals surface area contributed by atoms with Gasteiger partial charge in [-0.3, -0.25) is 4.79 Å². The quantitative estimate of drug-likeness (QED) is 0.587. The fourth-order valence-electron chi connectivity index (χ4n) is 3.65. The lowest BCUT2D eigenvalue weighted by atomic mass is 10.1. The number of amides is 1. The number of benzene rings is 2. The van der Waals surface area contributed by atoms with Crippen LogP contribution in [0.4, 0.5) is 10.2 Å². The number of halogens is 2. The van der Waals surface area contributed by atoms with Crippen molar-refractivity contribution >= 4 is 23.3 Å². The van der Waals surface area contributed by atoms with Crippen molar-refractivity contribution in [3.05, 3.63) is 76.8 Å². The smallest absolute Gasteiger partial charge is 0.254 e. The Morgan fingerprint density at radius 1 is 1.16 bits per heavy atom. The maximum atomic E-state index is 13.3. The third-order valence-electron chi connectivity index (χ3n) is 5.26. The SMILES string of the molecule is Cc1cc(F)ccc1Oc1cc(N2CCN(C(=O)c3cccc(Cl)c3)[C@@H](C)C2)ncn1. The van der Waals surface area contributed by atoms with E-state index in [9.17, 15) is 9.18 Å². The van der Waals surface area contributed by atoms with Gasteiger partial charge in [0.2, 0.25) is 5.88 Å². The summed E-state index contributed by atoms with van der Waals surface area (Å²) in [7, 11) is 0. The maximum absolute atomic E-state index is 13.3. The third kappa shape index (κ3) is 4.77. The monoisotopic (exact) mass is 440 g/mol. The summed E-state index contributed by atoms with van der Waals surface area (Å²) in [6, 6.07) is 13.1. The van der Waals surface area contributed by atoms with Crippen LogP contribution in [0.3, 0.4) is 0 Å². The Labute approximate surface area is 185 Å². The summed E-state index contributed by atoms with van der Waals surface area (Å²) < 4.78 is 19.2. The summed E-state index contributed by atoms with van der Waals surface area (Å²) in [4.78, 5) is 25.4. The molecule has 1 atom stereocenters. The van der Waals surface area contributed by atoms with Gasteiger partial charge in [0.05, 0.1) is 0 Å². The number of piperazine rings is 1. The molecule has 6 nitrogen and oxygen atoms in total. The molecule has 0 aliphatic carbocycles. The van der Waals surface area contributed by atoms with E-state index in [1.165, 1.54) is 18.5 Å². The van der Waals surface area contributed by atoms with Crippen LogP contribution in [-0.2, 0) is 0 Å². The van der Waals surface area contributed by atoms with Crippen molar-refractivity contribution in [3.63, 3.8) is 0 Å². The second kappa shape index (κ2) is 8.89. The molecule has 1 aromatic heterocycles. The first-order valence-electron chi connectivity index (χ1n) is 9.98. The van der Waals surface area contributed by atoms with E-state index < -0.39 is 0 Å². The molecule has 0 N–H and O–H groups in total. The van der Waals surface area contributed by atoms with Crippen molar-refractivity contribution < 1.29 is 13.9 Å². The fraction of sp³-hybridized carbons (Fsp3) is 0.261. The Morgan fingerprint density at radius 2 is 2.00 bits per heavy atom. The molecule has 0 bridgehead atoms. The molecular formula is C23H22ClFN4O2. The first-order chi connectivity index (χ1) is 14.9. The van der Waals surface area contributed by atoms with Gasteiger partial charge in [-0.05, 0) is 55.8 Å². The second-order valence-corrected chi connectivity index (χ2v) is 7.97. The molecule has 1 fully saturated rings. The summed E-state index contributed by atoms with van der Waals surface area (Å²) in [5, 5.41) is 0.544. The van der Waals surface area contributed by atoms with Crippen molar-refractivity contribution in [1.29, 1.82) is 0 Å². The highest BCUT2D eigenvalue weighted by atomic mass is 35.5. The number of nitrogens with zero attached hydrogens (tertiary/aromatic N) is 4. The van der Waals surface area contributed by atoms with Gasteiger partial charge in [0, 0.05) is 42.3 Å². The number of anilines is 1. The summed E-state index contributed by atoms with van der Waals surface area (Å²) in [5.41, 5.74) is 1.27. The van der Waals surface area contributed by atoms with Crippen LogP contribution in [-0.4, -0.2) is 46.5 Å². The third-order valence-corrected chi connectivity index (χ3v) is 5.50. The van der Waals surface area contributed by atoms with Crippen LogP contribution in [0.5, 0.6) is 11.6 Å². The van der Waals surface area contributed by atoms with E-state index in [1.54, 1.807) is 43.3 Å². The van der Waals surface area contributed by atoms with Crippen LogP contribution in [0.15, 0.2) is 54.9 Å². The zero-order chi connectivity index (χ0) is 22.0. The lowest BCUT2D eigenvalue weighted by molar-refractivity contribution is 0.0673.